The Labute approximate surface area is 164 Å². The van der Waals surface area contributed by atoms with Crippen LogP contribution in [-0.2, 0) is 9.59 Å². The third kappa shape index (κ3) is 3.51. The van der Waals surface area contributed by atoms with Gasteiger partial charge in [0.05, 0.1) is 6.04 Å². The van der Waals surface area contributed by atoms with E-state index in [4.69, 9.17) is 0 Å². The van der Waals surface area contributed by atoms with Gasteiger partial charge in [-0.25, -0.2) is 4.79 Å². The zero-order valence-electron chi connectivity index (χ0n) is 15.2. The van der Waals surface area contributed by atoms with Crippen molar-refractivity contribution in [3.63, 3.8) is 0 Å². The topological polar surface area (TPSA) is 94.6 Å². The highest BCUT2D eigenvalue weighted by Crippen LogP contribution is 2.42. The van der Waals surface area contributed by atoms with Crippen LogP contribution in [0.3, 0.4) is 0 Å². The Morgan fingerprint density at radius 2 is 2.15 bits per heavy atom. The quantitative estimate of drug-likeness (QED) is 0.734. The van der Waals surface area contributed by atoms with Crippen molar-refractivity contribution in [2.45, 2.75) is 31.3 Å². The van der Waals surface area contributed by atoms with Crippen molar-refractivity contribution in [2.75, 3.05) is 26.2 Å². The molecular formula is C18H24ClN5O3. The lowest BCUT2D eigenvalue weighted by Gasteiger charge is -2.37. The number of pyridine rings is 1. The lowest BCUT2D eigenvalue weighted by atomic mass is 9.96. The smallest absolute Gasteiger partial charge is 0.325 e. The molecule has 8 nitrogen and oxygen atoms in total. The molecule has 0 bridgehead atoms. The van der Waals surface area contributed by atoms with Crippen LogP contribution in [0.2, 0.25) is 0 Å². The minimum atomic E-state index is -0.858. The molecule has 2 aliphatic heterocycles. The molecular weight excluding hydrogens is 370 g/mol. The largest absolute Gasteiger partial charge is 0.331 e. The normalized spacial score (nSPS) is 28.0. The number of urea groups is 1. The summed E-state index contributed by atoms with van der Waals surface area (Å²) in [7, 11) is 0. The summed E-state index contributed by atoms with van der Waals surface area (Å²) in [5.41, 5.74) is 0.0805. The van der Waals surface area contributed by atoms with Crippen LogP contribution in [-0.4, -0.2) is 64.3 Å². The molecule has 146 valence electrons. The minimum absolute atomic E-state index is 0. The van der Waals surface area contributed by atoms with Crippen molar-refractivity contribution < 1.29 is 14.4 Å². The number of hydrogen-bond donors (Lipinski definition) is 2. The van der Waals surface area contributed by atoms with Crippen molar-refractivity contribution in [1.82, 2.24) is 25.4 Å². The summed E-state index contributed by atoms with van der Waals surface area (Å²) in [6, 6.07) is 3.15. The highest BCUT2D eigenvalue weighted by Gasteiger charge is 2.56. The second-order valence-corrected chi connectivity index (χ2v) is 7.39. The van der Waals surface area contributed by atoms with E-state index in [1.807, 2.05) is 12.1 Å². The van der Waals surface area contributed by atoms with Crippen LogP contribution in [0.4, 0.5) is 4.79 Å². The van der Waals surface area contributed by atoms with E-state index in [1.165, 1.54) is 0 Å². The number of nitrogens with one attached hydrogen (secondary N) is 2. The van der Waals surface area contributed by atoms with E-state index in [0.29, 0.717) is 19.6 Å². The molecule has 3 aliphatic rings. The van der Waals surface area contributed by atoms with Crippen LogP contribution < -0.4 is 10.6 Å². The SMILES string of the molecule is CC1(C2CC2)NC(=O)N(CC(=O)N2CCNCC2c2cccnc2)C1=O.Cl. The molecule has 3 heterocycles. The third-order valence-electron chi connectivity index (χ3n) is 5.62. The summed E-state index contributed by atoms with van der Waals surface area (Å²) in [5, 5.41) is 6.07. The average Bonchev–Trinajstić information content (AvgIpc) is 3.48. The number of imide groups is 1. The van der Waals surface area contributed by atoms with Gasteiger partial charge in [0, 0.05) is 32.0 Å². The fraction of sp³-hybridized carbons (Fsp3) is 0.556. The molecule has 4 rings (SSSR count). The molecule has 0 aromatic carbocycles. The Morgan fingerprint density at radius 3 is 2.81 bits per heavy atom. The molecule has 1 aliphatic carbocycles. The Kier molecular flexibility index (Phi) is 5.39. The van der Waals surface area contributed by atoms with E-state index in [2.05, 4.69) is 15.6 Å². The fourth-order valence-electron chi connectivity index (χ4n) is 3.90. The molecule has 27 heavy (non-hydrogen) atoms. The van der Waals surface area contributed by atoms with Crippen molar-refractivity contribution in [2.24, 2.45) is 5.92 Å². The first-order valence-corrected chi connectivity index (χ1v) is 9.05. The van der Waals surface area contributed by atoms with E-state index >= 15 is 0 Å². The summed E-state index contributed by atoms with van der Waals surface area (Å²) < 4.78 is 0. The second-order valence-electron chi connectivity index (χ2n) is 7.39. The molecule has 1 saturated carbocycles. The Bertz CT molecular complexity index is 742. The van der Waals surface area contributed by atoms with E-state index in [9.17, 15) is 14.4 Å². The summed E-state index contributed by atoms with van der Waals surface area (Å²) in [5.74, 6) is -0.323. The van der Waals surface area contributed by atoms with E-state index in [-0.39, 0.29) is 42.7 Å². The van der Waals surface area contributed by atoms with Crippen LogP contribution in [0, 0.1) is 5.92 Å². The average molecular weight is 394 g/mol. The van der Waals surface area contributed by atoms with Crippen molar-refractivity contribution in [3.05, 3.63) is 30.1 Å². The summed E-state index contributed by atoms with van der Waals surface area (Å²) in [4.78, 5) is 44.9. The highest BCUT2D eigenvalue weighted by atomic mass is 35.5. The molecule has 2 unspecified atom stereocenters. The lowest BCUT2D eigenvalue weighted by Crippen LogP contribution is -2.52. The summed E-state index contributed by atoms with van der Waals surface area (Å²) in [6.45, 7) is 3.38. The maximum atomic E-state index is 12.9. The van der Waals surface area contributed by atoms with Gasteiger partial charge in [0.1, 0.15) is 12.1 Å². The second kappa shape index (κ2) is 7.44. The Morgan fingerprint density at radius 1 is 1.37 bits per heavy atom. The third-order valence-corrected chi connectivity index (χ3v) is 5.62. The van der Waals surface area contributed by atoms with Gasteiger partial charge in [0.2, 0.25) is 5.91 Å². The number of halogens is 1. The number of amides is 4. The van der Waals surface area contributed by atoms with E-state index in [0.717, 1.165) is 23.3 Å². The van der Waals surface area contributed by atoms with E-state index < -0.39 is 11.6 Å². The standard InChI is InChI=1S/C18H23N5O3.ClH/c1-18(13-4-5-13)16(25)23(17(26)21-18)11-15(24)22-8-7-20-10-14(22)12-3-2-6-19-9-12;/h2-3,6,9,13-14,20H,4-5,7-8,10-11H2,1H3,(H,21,26);1H. The predicted octanol–water partition coefficient (Wildman–Crippen LogP) is 0.697. The number of nitrogens with zero attached hydrogens (tertiary/aromatic N) is 3. The first-order chi connectivity index (χ1) is 12.5. The predicted molar refractivity (Wildman–Crippen MR) is 100 cm³/mol. The number of hydrogen-bond acceptors (Lipinski definition) is 5. The van der Waals surface area contributed by atoms with Crippen LogP contribution >= 0.6 is 12.4 Å². The highest BCUT2D eigenvalue weighted by molar-refractivity contribution is 6.09. The molecule has 1 aromatic heterocycles. The summed E-state index contributed by atoms with van der Waals surface area (Å²) in [6.07, 6.45) is 5.31. The molecule has 0 spiro atoms. The zero-order valence-corrected chi connectivity index (χ0v) is 16.0. The van der Waals surface area contributed by atoms with Crippen LogP contribution in [0.25, 0.3) is 0 Å². The fourth-order valence-corrected chi connectivity index (χ4v) is 3.90. The maximum absolute atomic E-state index is 12.9. The number of piperazine rings is 1. The molecule has 2 N–H and O–H groups in total. The molecule has 2 atom stereocenters. The van der Waals surface area contributed by atoms with E-state index in [1.54, 1.807) is 24.2 Å². The van der Waals surface area contributed by atoms with Crippen molar-refractivity contribution in [3.8, 4) is 0 Å². The van der Waals surface area contributed by atoms with Gasteiger partial charge in [-0.2, -0.15) is 0 Å². The van der Waals surface area contributed by atoms with Crippen LogP contribution in [0.1, 0.15) is 31.4 Å². The zero-order chi connectivity index (χ0) is 18.3. The minimum Gasteiger partial charge on any atom is -0.331 e. The Balaban J connectivity index is 0.00000210. The number of aromatic nitrogens is 1. The van der Waals surface area contributed by atoms with Gasteiger partial charge >= 0.3 is 6.03 Å². The van der Waals surface area contributed by atoms with Crippen LogP contribution in [0.15, 0.2) is 24.5 Å². The van der Waals surface area contributed by atoms with Gasteiger partial charge in [-0.1, -0.05) is 6.07 Å². The number of rotatable bonds is 4. The van der Waals surface area contributed by atoms with Gasteiger partial charge in [-0.05, 0) is 37.3 Å². The molecule has 4 amide bonds. The molecule has 3 fully saturated rings. The first kappa shape index (κ1) is 19.6. The molecule has 0 radical (unpaired) electrons. The Hall–Kier alpha value is -2.19. The first-order valence-electron chi connectivity index (χ1n) is 9.05. The van der Waals surface area contributed by atoms with Gasteiger partial charge < -0.3 is 15.5 Å². The van der Waals surface area contributed by atoms with Gasteiger partial charge in [-0.3, -0.25) is 19.5 Å². The van der Waals surface area contributed by atoms with Crippen molar-refractivity contribution >= 4 is 30.3 Å². The van der Waals surface area contributed by atoms with Gasteiger partial charge in [0.25, 0.3) is 5.91 Å². The van der Waals surface area contributed by atoms with Gasteiger partial charge in [0.15, 0.2) is 0 Å². The summed E-state index contributed by atoms with van der Waals surface area (Å²) >= 11 is 0. The molecule has 1 aromatic rings. The van der Waals surface area contributed by atoms with Gasteiger partial charge in [-0.15, -0.1) is 12.4 Å². The molecule has 2 saturated heterocycles. The lowest BCUT2D eigenvalue weighted by molar-refractivity contribution is -0.141. The molecule has 9 heteroatoms. The monoisotopic (exact) mass is 393 g/mol. The van der Waals surface area contributed by atoms with Crippen molar-refractivity contribution in [1.29, 1.82) is 0 Å². The van der Waals surface area contributed by atoms with Crippen LogP contribution in [0.5, 0.6) is 0 Å². The maximum Gasteiger partial charge on any atom is 0.325 e. The number of carbonyl (C=O) groups is 3. The number of carbonyl (C=O) groups excluding carboxylic acids is 3.